The average Bonchev–Trinajstić information content (AvgIpc) is 3.35. The molecule has 5 rings (SSSR count). The van der Waals surface area contributed by atoms with Gasteiger partial charge in [-0.1, -0.05) is 6.07 Å². The molecule has 1 N–H and O–H groups in total. The highest BCUT2D eigenvalue weighted by Gasteiger charge is 2.28. The zero-order valence-corrected chi connectivity index (χ0v) is 19.2. The van der Waals surface area contributed by atoms with Crippen LogP contribution in [-0.2, 0) is 19.6 Å². The minimum absolute atomic E-state index is 0.252. The zero-order chi connectivity index (χ0) is 23.2. The highest BCUT2D eigenvalue weighted by atomic mass is 32.2. The summed E-state index contributed by atoms with van der Waals surface area (Å²) in [5.41, 5.74) is 2.61. The first-order valence-corrected chi connectivity index (χ1v) is 12.4. The van der Waals surface area contributed by atoms with Crippen LogP contribution in [0.25, 0.3) is 28.2 Å². The van der Waals surface area contributed by atoms with Crippen LogP contribution in [-0.4, -0.2) is 55.2 Å². The minimum Gasteiger partial charge on any atom is -0.456 e. The summed E-state index contributed by atoms with van der Waals surface area (Å²) >= 11 is 0.814. The van der Waals surface area contributed by atoms with Gasteiger partial charge >= 0.3 is 0 Å². The number of aryl methyl sites for hydroxylation is 1. The highest BCUT2D eigenvalue weighted by molar-refractivity contribution is 8.18. The van der Waals surface area contributed by atoms with Crippen molar-refractivity contribution in [3.63, 3.8) is 0 Å². The van der Waals surface area contributed by atoms with Crippen LogP contribution in [0.5, 0.6) is 0 Å². The van der Waals surface area contributed by atoms with Gasteiger partial charge in [-0.05, 0) is 48.0 Å². The summed E-state index contributed by atoms with van der Waals surface area (Å²) in [6.45, 7) is 3.19. The van der Waals surface area contributed by atoms with E-state index in [1.54, 1.807) is 43.6 Å². The number of carbonyl (C=O) groups excluding carboxylic acids is 2. The first-order chi connectivity index (χ1) is 15.8. The second-order valence-electron chi connectivity index (χ2n) is 7.60. The maximum Gasteiger partial charge on any atom is 0.290 e. The molecule has 0 bridgehead atoms. The van der Waals surface area contributed by atoms with E-state index in [1.807, 2.05) is 0 Å². The Morgan fingerprint density at radius 1 is 1.15 bits per heavy atom. The van der Waals surface area contributed by atoms with Crippen molar-refractivity contribution < 1.29 is 27.2 Å². The predicted octanol–water partition coefficient (Wildman–Crippen LogP) is 3.15. The third-order valence-corrected chi connectivity index (χ3v) is 8.30. The number of fused-ring (bicyclic) bond motifs is 1. The van der Waals surface area contributed by atoms with E-state index < -0.39 is 21.2 Å². The zero-order valence-electron chi connectivity index (χ0n) is 17.5. The molecule has 0 radical (unpaired) electrons. The summed E-state index contributed by atoms with van der Waals surface area (Å²) < 4.78 is 38.8. The number of sulfonamides is 1. The molecule has 2 aromatic heterocycles. The van der Waals surface area contributed by atoms with Crippen molar-refractivity contribution in [2.45, 2.75) is 11.8 Å². The van der Waals surface area contributed by atoms with E-state index in [1.165, 1.54) is 10.4 Å². The van der Waals surface area contributed by atoms with Crippen LogP contribution in [0.4, 0.5) is 4.79 Å². The monoisotopic (exact) mass is 485 g/mol. The SMILES string of the molecule is Cc1cc(-c2cncc3cc(/C=C4/SC(=O)NC4=O)oc23)ccc1S(=O)(=O)N1CCOCC1. The molecule has 2 fully saturated rings. The topological polar surface area (TPSA) is 119 Å². The second-order valence-corrected chi connectivity index (χ2v) is 10.5. The van der Waals surface area contributed by atoms with Crippen LogP contribution >= 0.6 is 11.8 Å². The summed E-state index contributed by atoms with van der Waals surface area (Å²) in [6, 6.07) is 6.87. The Morgan fingerprint density at radius 3 is 2.64 bits per heavy atom. The fourth-order valence-corrected chi connectivity index (χ4v) is 6.12. The predicted molar refractivity (Wildman–Crippen MR) is 123 cm³/mol. The number of imide groups is 1. The quantitative estimate of drug-likeness (QED) is 0.560. The molecule has 9 nitrogen and oxygen atoms in total. The number of carbonyl (C=O) groups is 2. The molecule has 0 saturated carbocycles. The van der Waals surface area contributed by atoms with Gasteiger partial charge in [-0.3, -0.25) is 19.9 Å². The number of furan rings is 1. The lowest BCUT2D eigenvalue weighted by molar-refractivity contribution is -0.115. The van der Waals surface area contributed by atoms with Gasteiger partial charge in [0.15, 0.2) is 0 Å². The van der Waals surface area contributed by atoms with Crippen molar-refractivity contribution in [3.05, 3.63) is 52.9 Å². The molecular formula is C22H19N3O6S2. The Morgan fingerprint density at radius 2 is 1.94 bits per heavy atom. The standard InChI is InChI=1S/C22H19N3O6S2/c1-13-8-14(2-3-19(13)33(28,29)25-4-6-30-7-5-25)17-12-23-11-15-9-16(31-20(15)17)10-18-21(26)24-22(27)32-18/h2-3,8-12H,4-7H2,1H3,(H,24,26,27)/b18-10+. The smallest absolute Gasteiger partial charge is 0.290 e. The number of benzene rings is 1. The van der Waals surface area contributed by atoms with Gasteiger partial charge in [0.25, 0.3) is 11.1 Å². The molecule has 170 valence electrons. The molecule has 0 spiro atoms. The van der Waals surface area contributed by atoms with E-state index in [4.69, 9.17) is 9.15 Å². The molecule has 3 aromatic rings. The van der Waals surface area contributed by atoms with Crippen LogP contribution in [0.15, 0.2) is 50.9 Å². The lowest BCUT2D eigenvalue weighted by Gasteiger charge is -2.26. The fourth-order valence-electron chi connectivity index (χ4n) is 3.84. The van der Waals surface area contributed by atoms with Gasteiger partial charge in [0, 0.05) is 42.5 Å². The second kappa shape index (κ2) is 8.41. The Bertz CT molecular complexity index is 1420. The van der Waals surface area contributed by atoms with Crippen LogP contribution in [0.3, 0.4) is 0 Å². The largest absolute Gasteiger partial charge is 0.456 e. The lowest BCUT2D eigenvalue weighted by atomic mass is 10.0. The molecule has 33 heavy (non-hydrogen) atoms. The first kappa shape index (κ1) is 21.8. The molecule has 11 heteroatoms. The van der Waals surface area contributed by atoms with E-state index in [-0.39, 0.29) is 9.80 Å². The molecular weight excluding hydrogens is 466 g/mol. The van der Waals surface area contributed by atoms with Crippen LogP contribution in [0, 0.1) is 6.92 Å². The molecule has 4 heterocycles. The molecule has 2 amide bonds. The van der Waals surface area contributed by atoms with Crippen LogP contribution in [0.2, 0.25) is 0 Å². The van der Waals surface area contributed by atoms with E-state index in [0.717, 1.165) is 22.7 Å². The fraction of sp³-hybridized carbons (Fsp3) is 0.227. The average molecular weight is 486 g/mol. The molecule has 0 unspecified atom stereocenters. The number of aromatic nitrogens is 1. The summed E-state index contributed by atoms with van der Waals surface area (Å²) in [7, 11) is -3.61. The van der Waals surface area contributed by atoms with Gasteiger partial charge in [0.05, 0.1) is 23.0 Å². The Hall–Kier alpha value is -2.99. The van der Waals surface area contributed by atoms with Gasteiger partial charge in [-0.15, -0.1) is 0 Å². The first-order valence-electron chi connectivity index (χ1n) is 10.1. The van der Waals surface area contributed by atoms with Crippen molar-refractivity contribution in [1.82, 2.24) is 14.6 Å². The number of nitrogens with one attached hydrogen (secondary N) is 1. The molecule has 0 aliphatic carbocycles. The van der Waals surface area contributed by atoms with E-state index in [9.17, 15) is 18.0 Å². The van der Waals surface area contributed by atoms with Crippen molar-refractivity contribution in [3.8, 4) is 11.1 Å². The summed E-state index contributed by atoms with van der Waals surface area (Å²) in [6.07, 6.45) is 4.80. The summed E-state index contributed by atoms with van der Waals surface area (Å²) in [4.78, 5) is 28.0. The number of pyridine rings is 1. The number of amides is 2. The third-order valence-electron chi connectivity index (χ3n) is 5.43. The molecule has 2 aliphatic heterocycles. The number of nitrogens with zero attached hydrogens (tertiary/aromatic N) is 2. The molecule has 2 saturated heterocycles. The van der Waals surface area contributed by atoms with Crippen LogP contribution < -0.4 is 5.32 Å². The number of rotatable bonds is 4. The van der Waals surface area contributed by atoms with Crippen molar-refractivity contribution in [2.24, 2.45) is 0 Å². The van der Waals surface area contributed by atoms with Gasteiger partial charge in [0.2, 0.25) is 10.0 Å². The molecule has 0 atom stereocenters. The number of hydrogen-bond acceptors (Lipinski definition) is 8. The number of hydrogen-bond donors (Lipinski definition) is 1. The third kappa shape index (κ3) is 4.08. The van der Waals surface area contributed by atoms with Crippen molar-refractivity contribution in [2.75, 3.05) is 26.3 Å². The number of ether oxygens (including phenoxy) is 1. The Kier molecular flexibility index (Phi) is 5.57. The van der Waals surface area contributed by atoms with E-state index in [0.29, 0.717) is 48.8 Å². The minimum atomic E-state index is -3.61. The number of thioether (sulfide) groups is 1. The van der Waals surface area contributed by atoms with Crippen LogP contribution in [0.1, 0.15) is 11.3 Å². The highest BCUT2D eigenvalue weighted by Crippen LogP contribution is 2.34. The maximum atomic E-state index is 13.1. The Labute approximate surface area is 193 Å². The van der Waals surface area contributed by atoms with Gasteiger partial charge in [0.1, 0.15) is 11.3 Å². The van der Waals surface area contributed by atoms with E-state index in [2.05, 4.69) is 10.3 Å². The van der Waals surface area contributed by atoms with Crippen molar-refractivity contribution in [1.29, 1.82) is 0 Å². The van der Waals surface area contributed by atoms with Gasteiger partial charge in [-0.25, -0.2) is 8.42 Å². The lowest BCUT2D eigenvalue weighted by Crippen LogP contribution is -2.40. The maximum absolute atomic E-state index is 13.1. The van der Waals surface area contributed by atoms with Gasteiger partial charge in [-0.2, -0.15) is 4.31 Å². The van der Waals surface area contributed by atoms with Crippen molar-refractivity contribution >= 4 is 50.0 Å². The molecule has 1 aromatic carbocycles. The summed E-state index contributed by atoms with van der Waals surface area (Å²) in [5.74, 6) is -0.0497. The Balaban J connectivity index is 1.51. The summed E-state index contributed by atoms with van der Waals surface area (Å²) in [5, 5.41) is 2.50. The number of morpholine rings is 1. The van der Waals surface area contributed by atoms with Gasteiger partial charge < -0.3 is 9.15 Å². The molecule has 2 aliphatic rings. The normalized spacial score (nSPS) is 18.9. The van der Waals surface area contributed by atoms with E-state index >= 15 is 0 Å².